The first kappa shape index (κ1) is 19.3. The Labute approximate surface area is 179 Å². The van der Waals surface area contributed by atoms with Crippen molar-refractivity contribution < 1.29 is 0 Å². The smallest absolute Gasteiger partial charge is 0.136 e. The number of likely N-dealkylation sites (tertiary alicyclic amines) is 1. The maximum atomic E-state index is 4.53. The van der Waals surface area contributed by atoms with E-state index in [9.17, 15) is 0 Å². The molecule has 2 aliphatic heterocycles. The molecule has 0 spiro atoms. The Balaban J connectivity index is 1.19. The van der Waals surface area contributed by atoms with Gasteiger partial charge in [0.05, 0.1) is 0 Å². The summed E-state index contributed by atoms with van der Waals surface area (Å²) in [6, 6.07) is 22.0. The number of piperazine rings is 1. The van der Waals surface area contributed by atoms with E-state index in [1.54, 1.807) is 0 Å². The molecule has 1 atom stereocenters. The van der Waals surface area contributed by atoms with Gasteiger partial charge in [-0.3, -0.25) is 9.80 Å². The lowest BCUT2D eigenvalue weighted by atomic mass is 10.0. The normalized spacial score (nSPS) is 21.1. The van der Waals surface area contributed by atoms with Crippen molar-refractivity contribution in [3.05, 3.63) is 78.8 Å². The number of aromatic nitrogens is 2. The van der Waals surface area contributed by atoms with E-state index in [2.05, 4.69) is 85.0 Å². The maximum Gasteiger partial charge on any atom is 0.136 e. The molecule has 30 heavy (non-hydrogen) atoms. The van der Waals surface area contributed by atoms with Gasteiger partial charge in [0.15, 0.2) is 0 Å². The van der Waals surface area contributed by atoms with Gasteiger partial charge in [-0.2, -0.15) is 0 Å². The molecule has 4 heterocycles. The summed E-state index contributed by atoms with van der Waals surface area (Å²) in [4.78, 5) is 12.4. The zero-order valence-electron chi connectivity index (χ0n) is 17.6. The fourth-order valence-corrected chi connectivity index (χ4v) is 4.95. The van der Waals surface area contributed by atoms with Crippen molar-refractivity contribution in [1.29, 1.82) is 0 Å². The number of hydrogen-bond donors (Lipinski definition) is 0. The van der Waals surface area contributed by atoms with Crippen molar-refractivity contribution in [3.63, 3.8) is 0 Å². The van der Waals surface area contributed by atoms with Crippen molar-refractivity contribution in [3.8, 4) is 5.82 Å². The molecule has 2 fully saturated rings. The molecule has 156 valence electrons. The fraction of sp³-hybridized carbons (Fsp3) is 0.400. The monoisotopic (exact) mass is 401 g/mol. The summed E-state index contributed by atoms with van der Waals surface area (Å²) in [5.41, 5.74) is 2.68. The van der Waals surface area contributed by atoms with Crippen LogP contribution in [-0.4, -0.2) is 64.7 Å². The van der Waals surface area contributed by atoms with E-state index in [1.807, 2.05) is 12.3 Å². The van der Waals surface area contributed by atoms with Gasteiger partial charge in [0, 0.05) is 69.1 Å². The van der Waals surface area contributed by atoms with E-state index in [-0.39, 0.29) is 0 Å². The number of piperidine rings is 1. The second-order valence-electron chi connectivity index (χ2n) is 8.45. The van der Waals surface area contributed by atoms with Gasteiger partial charge in [-0.1, -0.05) is 24.3 Å². The topological polar surface area (TPSA) is 27.5 Å². The molecule has 2 aliphatic rings. The Morgan fingerprint density at radius 1 is 0.833 bits per heavy atom. The molecular weight excluding hydrogens is 370 g/mol. The Kier molecular flexibility index (Phi) is 5.82. The van der Waals surface area contributed by atoms with Crippen LogP contribution >= 0.6 is 0 Å². The van der Waals surface area contributed by atoms with Crippen LogP contribution in [0.1, 0.15) is 18.5 Å². The van der Waals surface area contributed by atoms with Crippen molar-refractivity contribution >= 4 is 5.69 Å². The van der Waals surface area contributed by atoms with Crippen LogP contribution in [0.5, 0.6) is 0 Å². The molecular formula is C25H31N5. The lowest BCUT2D eigenvalue weighted by molar-refractivity contribution is 0.0878. The molecule has 5 nitrogen and oxygen atoms in total. The van der Waals surface area contributed by atoms with E-state index >= 15 is 0 Å². The van der Waals surface area contributed by atoms with Crippen molar-refractivity contribution in [2.45, 2.75) is 25.4 Å². The third-order valence-corrected chi connectivity index (χ3v) is 6.55. The van der Waals surface area contributed by atoms with Crippen LogP contribution in [-0.2, 0) is 6.54 Å². The van der Waals surface area contributed by atoms with Crippen LogP contribution in [0.4, 0.5) is 5.69 Å². The van der Waals surface area contributed by atoms with Crippen LogP contribution in [0.2, 0.25) is 0 Å². The zero-order valence-corrected chi connectivity index (χ0v) is 17.6. The maximum absolute atomic E-state index is 4.53. The summed E-state index contributed by atoms with van der Waals surface area (Å²) in [7, 11) is 0. The van der Waals surface area contributed by atoms with Crippen LogP contribution < -0.4 is 4.90 Å². The SMILES string of the molecule is c1ccc(N2CCN([C@H]3CCCN(Cc4cccn4-c4ccccn4)C3)CC2)cc1. The molecule has 0 amide bonds. The molecule has 0 N–H and O–H groups in total. The van der Waals surface area contributed by atoms with Crippen LogP contribution in [0.15, 0.2) is 73.1 Å². The minimum Gasteiger partial charge on any atom is -0.369 e. The van der Waals surface area contributed by atoms with E-state index < -0.39 is 0 Å². The minimum absolute atomic E-state index is 0.676. The third kappa shape index (κ3) is 4.27. The number of nitrogens with zero attached hydrogens (tertiary/aromatic N) is 5. The number of para-hydroxylation sites is 1. The highest BCUT2D eigenvalue weighted by atomic mass is 15.3. The predicted molar refractivity (Wildman–Crippen MR) is 122 cm³/mol. The first-order valence-electron chi connectivity index (χ1n) is 11.2. The van der Waals surface area contributed by atoms with Crippen molar-refractivity contribution in [2.75, 3.05) is 44.2 Å². The highest BCUT2D eigenvalue weighted by Gasteiger charge is 2.28. The van der Waals surface area contributed by atoms with Crippen molar-refractivity contribution in [1.82, 2.24) is 19.4 Å². The second kappa shape index (κ2) is 9.02. The highest BCUT2D eigenvalue weighted by molar-refractivity contribution is 5.46. The van der Waals surface area contributed by atoms with E-state index in [0.29, 0.717) is 6.04 Å². The lowest BCUT2D eigenvalue weighted by Gasteiger charge is -2.44. The average molecular weight is 402 g/mol. The number of pyridine rings is 1. The molecule has 0 saturated carbocycles. The first-order valence-corrected chi connectivity index (χ1v) is 11.2. The van der Waals surface area contributed by atoms with Crippen molar-refractivity contribution in [2.24, 2.45) is 0 Å². The number of hydrogen-bond acceptors (Lipinski definition) is 4. The van der Waals surface area contributed by atoms with Crippen LogP contribution in [0.3, 0.4) is 0 Å². The van der Waals surface area contributed by atoms with Gasteiger partial charge in [0.25, 0.3) is 0 Å². The van der Waals surface area contributed by atoms with E-state index in [1.165, 1.54) is 37.3 Å². The van der Waals surface area contributed by atoms with Gasteiger partial charge in [-0.05, 0) is 55.8 Å². The quantitative estimate of drug-likeness (QED) is 0.652. The van der Waals surface area contributed by atoms with Gasteiger partial charge in [0.2, 0.25) is 0 Å². The Morgan fingerprint density at radius 2 is 1.67 bits per heavy atom. The standard InChI is InChI=1S/C25H31N5/c1-2-8-22(9-3-1)28-16-18-29(19-17-28)23-10-6-14-27(20-23)21-24-11-7-15-30(24)25-12-4-5-13-26-25/h1-5,7-9,11-13,15,23H,6,10,14,16-21H2/t23-/m0/s1. The molecule has 0 unspecified atom stereocenters. The Bertz CT molecular complexity index is 915. The van der Waals surface area contributed by atoms with E-state index in [0.717, 1.165) is 38.5 Å². The number of anilines is 1. The molecule has 2 saturated heterocycles. The van der Waals surface area contributed by atoms with Gasteiger partial charge < -0.3 is 9.47 Å². The summed E-state index contributed by atoms with van der Waals surface area (Å²) in [6.45, 7) is 7.93. The summed E-state index contributed by atoms with van der Waals surface area (Å²) in [5, 5.41) is 0. The minimum atomic E-state index is 0.676. The van der Waals surface area contributed by atoms with Crippen LogP contribution in [0.25, 0.3) is 5.82 Å². The van der Waals surface area contributed by atoms with Gasteiger partial charge in [-0.25, -0.2) is 4.98 Å². The van der Waals surface area contributed by atoms with Gasteiger partial charge in [-0.15, -0.1) is 0 Å². The third-order valence-electron chi connectivity index (χ3n) is 6.55. The molecule has 1 aromatic carbocycles. The van der Waals surface area contributed by atoms with E-state index in [4.69, 9.17) is 0 Å². The van der Waals surface area contributed by atoms with Gasteiger partial charge >= 0.3 is 0 Å². The highest BCUT2D eigenvalue weighted by Crippen LogP contribution is 2.22. The molecule has 0 aliphatic carbocycles. The molecule has 0 radical (unpaired) electrons. The molecule has 5 rings (SSSR count). The molecule has 3 aromatic rings. The number of benzene rings is 1. The molecule has 2 aromatic heterocycles. The average Bonchev–Trinajstić information content (AvgIpc) is 3.29. The summed E-state index contributed by atoms with van der Waals surface area (Å²) >= 11 is 0. The summed E-state index contributed by atoms with van der Waals surface area (Å²) in [5.74, 6) is 1.00. The summed E-state index contributed by atoms with van der Waals surface area (Å²) in [6.07, 6.45) is 6.60. The van der Waals surface area contributed by atoms with Gasteiger partial charge in [0.1, 0.15) is 5.82 Å². The first-order chi connectivity index (χ1) is 14.9. The molecule has 0 bridgehead atoms. The fourth-order valence-electron chi connectivity index (χ4n) is 4.95. The zero-order chi connectivity index (χ0) is 20.2. The number of rotatable bonds is 5. The molecule has 5 heteroatoms. The predicted octanol–water partition coefficient (Wildman–Crippen LogP) is 3.66. The van der Waals surface area contributed by atoms with Crippen LogP contribution in [0, 0.1) is 0 Å². The largest absolute Gasteiger partial charge is 0.369 e. The summed E-state index contributed by atoms with van der Waals surface area (Å²) < 4.78 is 2.22. The second-order valence-corrected chi connectivity index (χ2v) is 8.45. The Hall–Kier alpha value is -2.63. The Morgan fingerprint density at radius 3 is 2.47 bits per heavy atom. The lowest BCUT2D eigenvalue weighted by Crippen LogP contribution is -2.55.